The van der Waals surface area contributed by atoms with Gasteiger partial charge in [0, 0.05) is 10.5 Å². The lowest BCUT2D eigenvalue weighted by atomic mass is 9.94. The van der Waals surface area contributed by atoms with Crippen molar-refractivity contribution in [3.05, 3.63) is 34.3 Å². The van der Waals surface area contributed by atoms with Gasteiger partial charge in [0.2, 0.25) is 5.91 Å². The summed E-state index contributed by atoms with van der Waals surface area (Å²) >= 11 is 3.36. The number of nitrogens with one attached hydrogen (secondary N) is 1. The zero-order valence-electron chi connectivity index (χ0n) is 11.8. The molecule has 4 nitrogen and oxygen atoms in total. The number of carboxylic acids is 1. The summed E-state index contributed by atoms with van der Waals surface area (Å²) < 4.78 is 0.973. The van der Waals surface area contributed by atoms with Crippen LogP contribution in [-0.4, -0.2) is 23.0 Å². The highest BCUT2D eigenvalue weighted by atomic mass is 79.9. The summed E-state index contributed by atoms with van der Waals surface area (Å²) in [6.45, 7) is 0. The first-order chi connectivity index (χ1) is 10.1. The van der Waals surface area contributed by atoms with Crippen molar-refractivity contribution in [3.8, 4) is 0 Å². The summed E-state index contributed by atoms with van der Waals surface area (Å²) in [5, 5.41) is 12.2. The average molecular weight is 354 g/mol. The second kappa shape index (κ2) is 7.59. The molecule has 0 aromatic heterocycles. The highest BCUT2D eigenvalue weighted by molar-refractivity contribution is 9.10. The summed E-state index contributed by atoms with van der Waals surface area (Å²) in [6, 6.07) is 7.34. The molecule has 0 unspecified atom stereocenters. The van der Waals surface area contributed by atoms with Gasteiger partial charge in [0.1, 0.15) is 0 Å². The Bertz CT molecular complexity index is 501. The molecule has 0 radical (unpaired) electrons. The summed E-state index contributed by atoms with van der Waals surface area (Å²) in [5.41, 5.74) is 0.927. The van der Waals surface area contributed by atoms with Crippen molar-refractivity contribution in [1.82, 2.24) is 5.32 Å². The molecule has 1 aliphatic carbocycles. The van der Waals surface area contributed by atoms with Crippen LogP contribution in [0.2, 0.25) is 0 Å². The Labute approximate surface area is 133 Å². The predicted molar refractivity (Wildman–Crippen MR) is 84.0 cm³/mol. The molecule has 0 heterocycles. The Morgan fingerprint density at radius 1 is 1.14 bits per heavy atom. The molecule has 1 saturated carbocycles. The number of hydrogen-bond donors (Lipinski definition) is 2. The minimum absolute atomic E-state index is 0.101. The number of amides is 1. The van der Waals surface area contributed by atoms with Crippen molar-refractivity contribution in [2.24, 2.45) is 5.92 Å². The molecule has 2 rings (SSSR count). The lowest BCUT2D eigenvalue weighted by molar-refractivity contribution is -0.143. The fraction of sp³-hybridized carbons (Fsp3) is 0.500. The molecule has 1 aromatic rings. The molecule has 21 heavy (non-hydrogen) atoms. The number of halogens is 1. The number of carbonyl (C=O) groups is 2. The summed E-state index contributed by atoms with van der Waals surface area (Å²) in [6.07, 6.45) is 4.64. The molecule has 0 aliphatic heterocycles. The summed E-state index contributed by atoms with van der Waals surface area (Å²) in [5.74, 6) is -1.36. The quantitative estimate of drug-likeness (QED) is 0.817. The molecule has 0 bridgehead atoms. The third kappa shape index (κ3) is 4.84. The number of carbonyl (C=O) groups excluding carboxylic acids is 1. The maximum Gasteiger partial charge on any atom is 0.308 e. The van der Waals surface area contributed by atoms with Crippen molar-refractivity contribution in [3.63, 3.8) is 0 Å². The molecule has 0 saturated heterocycles. The molecule has 1 amide bonds. The van der Waals surface area contributed by atoms with Gasteiger partial charge in [0.15, 0.2) is 0 Å². The number of hydrogen-bond acceptors (Lipinski definition) is 2. The molecular weight excluding hydrogens is 334 g/mol. The van der Waals surface area contributed by atoms with Crippen molar-refractivity contribution in [2.45, 2.75) is 44.6 Å². The standard InChI is InChI=1S/C16H20BrNO3/c17-12-8-6-11(7-9-12)10-15(19)18-14-5-3-1-2-4-13(14)16(20)21/h6-9,13-14H,1-5,10H2,(H,18,19)(H,20,21)/t13-,14+/m1/s1. The Morgan fingerprint density at radius 2 is 1.81 bits per heavy atom. The van der Waals surface area contributed by atoms with Crippen LogP contribution in [0.5, 0.6) is 0 Å². The van der Waals surface area contributed by atoms with Crippen LogP contribution in [0, 0.1) is 5.92 Å². The molecule has 2 atom stereocenters. The van der Waals surface area contributed by atoms with Crippen LogP contribution >= 0.6 is 15.9 Å². The van der Waals surface area contributed by atoms with E-state index in [1.54, 1.807) is 0 Å². The molecule has 1 fully saturated rings. The molecule has 0 spiro atoms. The number of benzene rings is 1. The second-order valence-electron chi connectivity index (χ2n) is 5.56. The molecule has 1 aliphatic rings. The van der Waals surface area contributed by atoms with E-state index in [0.29, 0.717) is 6.42 Å². The van der Waals surface area contributed by atoms with E-state index in [2.05, 4.69) is 21.2 Å². The maximum atomic E-state index is 12.1. The van der Waals surface area contributed by atoms with Crippen molar-refractivity contribution >= 4 is 27.8 Å². The van der Waals surface area contributed by atoms with Crippen LogP contribution in [0.1, 0.15) is 37.7 Å². The van der Waals surface area contributed by atoms with Crippen LogP contribution in [0.25, 0.3) is 0 Å². The van der Waals surface area contributed by atoms with Gasteiger partial charge in [0.05, 0.1) is 12.3 Å². The largest absolute Gasteiger partial charge is 0.481 e. The van der Waals surface area contributed by atoms with E-state index in [4.69, 9.17) is 0 Å². The molecular formula is C16H20BrNO3. The van der Waals surface area contributed by atoms with Crippen LogP contribution in [0.3, 0.4) is 0 Å². The Balaban J connectivity index is 1.96. The van der Waals surface area contributed by atoms with Crippen LogP contribution in [0.4, 0.5) is 0 Å². The fourth-order valence-electron chi connectivity index (χ4n) is 2.82. The highest BCUT2D eigenvalue weighted by Crippen LogP contribution is 2.24. The Morgan fingerprint density at radius 3 is 2.48 bits per heavy atom. The van der Waals surface area contributed by atoms with E-state index in [0.717, 1.165) is 35.7 Å². The van der Waals surface area contributed by atoms with Gasteiger partial charge in [-0.2, -0.15) is 0 Å². The zero-order chi connectivity index (χ0) is 15.2. The summed E-state index contributed by atoms with van der Waals surface area (Å²) in [7, 11) is 0. The maximum absolute atomic E-state index is 12.1. The van der Waals surface area contributed by atoms with Gasteiger partial charge in [0.25, 0.3) is 0 Å². The van der Waals surface area contributed by atoms with Gasteiger partial charge in [-0.1, -0.05) is 47.3 Å². The van der Waals surface area contributed by atoms with Crippen molar-refractivity contribution < 1.29 is 14.7 Å². The fourth-order valence-corrected chi connectivity index (χ4v) is 3.09. The molecule has 2 N–H and O–H groups in total. The van der Waals surface area contributed by atoms with Crippen molar-refractivity contribution in [2.75, 3.05) is 0 Å². The lowest BCUT2D eigenvalue weighted by Crippen LogP contribution is -2.43. The van der Waals surface area contributed by atoms with E-state index >= 15 is 0 Å². The van der Waals surface area contributed by atoms with E-state index in [1.165, 1.54) is 0 Å². The smallest absolute Gasteiger partial charge is 0.308 e. The minimum atomic E-state index is -0.800. The molecule has 1 aromatic carbocycles. The van der Waals surface area contributed by atoms with Crippen molar-refractivity contribution in [1.29, 1.82) is 0 Å². The number of aliphatic carboxylic acids is 1. The monoisotopic (exact) mass is 353 g/mol. The second-order valence-corrected chi connectivity index (χ2v) is 6.48. The first-order valence-corrected chi connectivity index (χ1v) is 8.12. The van der Waals surface area contributed by atoms with E-state index in [9.17, 15) is 14.7 Å². The van der Waals surface area contributed by atoms with E-state index in [1.807, 2.05) is 24.3 Å². The van der Waals surface area contributed by atoms with Gasteiger partial charge in [-0.05, 0) is 30.5 Å². The number of rotatable bonds is 4. The summed E-state index contributed by atoms with van der Waals surface area (Å²) in [4.78, 5) is 23.5. The van der Waals surface area contributed by atoms with E-state index < -0.39 is 11.9 Å². The minimum Gasteiger partial charge on any atom is -0.481 e. The zero-order valence-corrected chi connectivity index (χ0v) is 13.4. The van der Waals surface area contributed by atoms with Crippen LogP contribution < -0.4 is 5.32 Å². The first-order valence-electron chi connectivity index (χ1n) is 7.33. The SMILES string of the molecule is O=C(Cc1ccc(Br)cc1)N[C@H]1CCCCC[C@H]1C(=O)O. The normalized spacial score (nSPS) is 22.3. The topological polar surface area (TPSA) is 66.4 Å². The van der Waals surface area contributed by atoms with E-state index in [-0.39, 0.29) is 18.4 Å². The average Bonchev–Trinajstić information content (AvgIpc) is 2.67. The van der Waals surface area contributed by atoms with Gasteiger partial charge < -0.3 is 10.4 Å². The third-order valence-corrected chi connectivity index (χ3v) is 4.49. The molecule has 114 valence electrons. The highest BCUT2D eigenvalue weighted by Gasteiger charge is 2.30. The molecule has 5 heteroatoms. The van der Waals surface area contributed by atoms with Crippen LogP contribution in [0.15, 0.2) is 28.7 Å². The third-order valence-electron chi connectivity index (χ3n) is 3.96. The Hall–Kier alpha value is -1.36. The number of carboxylic acid groups (broad SMARTS) is 1. The lowest BCUT2D eigenvalue weighted by Gasteiger charge is -2.22. The van der Waals surface area contributed by atoms with Gasteiger partial charge in [-0.3, -0.25) is 9.59 Å². The predicted octanol–water partition coefficient (Wildman–Crippen LogP) is 3.14. The van der Waals surface area contributed by atoms with Crippen LogP contribution in [-0.2, 0) is 16.0 Å². The van der Waals surface area contributed by atoms with Gasteiger partial charge in [-0.25, -0.2) is 0 Å². The van der Waals surface area contributed by atoms with Gasteiger partial charge >= 0.3 is 5.97 Å². The van der Waals surface area contributed by atoms with Gasteiger partial charge in [-0.15, -0.1) is 0 Å². The Kier molecular flexibility index (Phi) is 5.79. The first kappa shape index (κ1) is 16.0.